The van der Waals surface area contributed by atoms with Gasteiger partial charge in [0.25, 0.3) is 11.8 Å². The number of hydrogen-bond acceptors (Lipinski definition) is 11. The van der Waals surface area contributed by atoms with Gasteiger partial charge in [-0.2, -0.15) is 5.10 Å². The number of amides is 5. The molecule has 1 atom stereocenters. The normalized spacial score (nSPS) is 16.6. The van der Waals surface area contributed by atoms with Gasteiger partial charge in [0.15, 0.2) is 5.82 Å². The molecule has 0 spiro atoms. The van der Waals surface area contributed by atoms with E-state index in [1.807, 2.05) is 26.0 Å². The quantitative estimate of drug-likeness (QED) is 0.133. The second-order valence-corrected chi connectivity index (χ2v) is 15.2. The molecule has 8 rings (SSSR count). The zero-order valence-corrected chi connectivity index (χ0v) is 32.8. The summed E-state index contributed by atoms with van der Waals surface area (Å²) >= 11 is 0. The van der Waals surface area contributed by atoms with Crippen LogP contribution in [0.3, 0.4) is 0 Å². The monoisotopic (exact) mass is 814 g/mol. The van der Waals surface area contributed by atoms with Gasteiger partial charge in [-0.25, -0.2) is 19.3 Å². The standard InChI is InChI=1S/C43H42N8O9/c1-24(2)30-20-31(36(53)21-35(30)52)38-46-47-42(58)51(38)28-12-10-27(11-13-28)48-16-18-49(19-17-48)40(56)26-8-6-25(7-9-26)23-60-43(59)44-33-5-3-4-29-32(33)22-50(41(29)57)34-14-15-37(54)45-39(34)55/h3-13,20-21,24,34,52-53H,14-19,22-23H2,1-2H3,(H,44,59)(H,47,58)(H,45,54,55). The van der Waals surface area contributed by atoms with Gasteiger partial charge in [0.2, 0.25) is 11.8 Å². The minimum Gasteiger partial charge on any atom is -0.508 e. The number of carbonyl (C=O) groups is 5. The number of piperidine rings is 1. The third-order valence-electron chi connectivity index (χ3n) is 11.1. The Balaban J connectivity index is 0.836. The lowest BCUT2D eigenvalue weighted by Gasteiger charge is -2.36. The number of aromatic hydroxyl groups is 2. The minimum absolute atomic E-state index is 0.0307. The zero-order valence-electron chi connectivity index (χ0n) is 32.8. The van der Waals surface area contributed by atoms with Crippen molar-refractivity contribution in [1.82, 2.24) is 29.9 Å². The van der Waals surface area contributed by atoms with E-state index in [9.17, 15) is 39.0 Å². The number of nitrogens with one attached hydrogen (secondary N) is 3. The van der Waals surface area contributed by atoms with Crippen molar-refractivity contribution in [2.75, 3.05) is 36.4 Å². The highest BCUT2D eigenvalue weighted by Gasteiger charge is 2.40. The lowest BCUT2D eigenvalue weighted by atomic mass is 9.98. The Labute approximate surface area is 343 Å². The number of H-pyrrole nitrogens is 1. The molecule has 60 heavy (non-hydrogen) atoms. The summed E-state index contributed by atoms with van der Waals surface area (Å²) in [5, 5.41) is 32.6. The van der Waals surface area contributed by atoms with E-state index >= 15 is 0 Å². The number of fused-ring (bicyclic) bond motifs is 1. The van der Waals surface area contributed by atoms with Crippen molar-refractivity contribution in [3.05, 3.63) is 117 Å². The first kappa shape index (κ1) is 39.4. The molecule has 2 fully saturated rings. The summed E-state index contributed by atoms with van der Waals surface area (Å²) in [5.41, 5.74) is 4.33. The van der Waals surface area contributed by atoms with Crippen LogP contribution in [0, 0.1) is 0 Å². The molecule has 4 heterocycles. The minimum atomic E-state index is -0.777. The van der Waals surface area contributed by atoms with Crippen LogP contribution in [-0.4, -0.2) is 96.7 Å². The van der Waals surface area contributed by atoms with Crippen LogP contribution < -0.4 is 21.2 Å². The first-order valence-corrected chi connectivity index (χ1v) is 19.5. The number of carbonyl (C=O) groups excluding carboxylic acids is 5. The smallest absolute Gasteiger partial charge is 0.411 e. The number of phenols is 2. The second-order valence-electron chi connectivity index (χ2n) is 15.2. The zero-order chi connectivity index (χ0) is 42.2. The van der Waals surface area contributed by atoms with E-state index in [0.29, 0.717) is 70.9 Å². The molecule has 3 aliphatic rings. The average Bonchev–Trinajstić information content (AvgIpc) is 3.79. The highest BCUT2D eigenvalue weighted by molar-refractivity contribution is 6.06. The number of ether oxygens (including phenoxy) is 1. The molecule has 5 aromatic rings. The molecule has 3 aliphatic heterocycles. The summed E-state index contributed by atoms with van der Waals surface area (Å²) in [5.74, 6) is -1.43. The van der Waals surface area contributed by atoms with E-state index in [2.05, 4.69) is 25.7 Å². The molecule has 0 radical (unpaired) electrons. The van der Waals surface area contributed by atoms with Gasteiger partial charge in [-0.3, -0.25) is 29.8 Å². The van der Waals surface area contributed by atoms with Gasteiger partial charge in [0.05, 0.1) is 11.3 Å². The fourth-order valence-corrected chi connectivity index (χ4v) is 7.86. The predicted octanol–water partition coefficient (Wildman–Crippen LogP) is 4.23. The Morgan fingerprint density at radius 2 is 1.60 bits per heavy atom. The molecular weight excluding hydrogens is 773 g/mol. The number of phenolic OH excluding ortho intramolecular Hbond substituents is 2. The van der Waals surface area contributed by atoms with Crippen molar-refractivity contribution in [3.8, 4) is 28.6 Å². The molecule has 17 heteroatoms. The van der Waals surface area contributed by atoms with Crippen LogP contribution in [0.1, 0.15) is 70.0 Å². The summed E-state index contributed by atoms with van der Waals surface area (Å²) in [6, 6.07) is 21.2. The van der Waals surface area contributed by atoms with Crippen molar-refractivity contribution in [3.63, 3.8) is 0 Å². The Morgan fingerprint density at radius 1 is 0.883 bits per heavy atom. The number of aromatic nitrogens is 3. The lowest BCUT2D eigenvalue weighted by Crippen LogP contribution is -2.52. The number of aromatic amines is 1. The number of anilines is 2. The fraction of sp³-hybridized carbons (Fsp3) is 0.279. The van der Waals surface area contributed by atoms with Gasteiger partial charge in [0.1, 0.15) is 24.1 Å². The Kier molecular flexibility index (Phi) is 10.6. The third-order valence-corrected chi connectivity index (χ3v) is 11.1. The molecule has 2 saturated heterocycles. The summed E-state index contributed by atoms with van der Waals surface area (Å²) in [6.07, 6.45) is -0.373. The average molecular weight is 815 g/mol. The van der Waals surface area contributed by atoms with Gasteiger partial charge in [0, 0.05) is 73.3 Å². The molecule has 17 nitrogen and oxygen atoms in total. The third kappa shape index (κ3) is 7.64. The highest BCUT2D eigenvalue weighted by Crippen LogP contribution is 2.38. The predicted molar refractivity (Wildman–Crippen MR) is 218 cm³/mol. The SMILES string of the molecule is CC(C)c1cc(-c2n[nH]c(=O)n2-c2ccc(N3CCN(C(=O)c4ccc(COC(=O)Nc5cccc6c5CN(C5CCC(=O)NC5=O)C6=O)cc4)CC3)cc2)c(O)cc1O. The number of nitrogens with zero attached hydrogens (tertiary/aromatic N) is 5. The van der Waals surface area contributed by atoms with Gasteiger partial charge in [-0.15, -0.1) is 0 Å². The molecule has 1 unspecified atom stereocenters. The number of hydrogen-bond donors (Lipinski definition) is 5. The summed E-state index contributed by atoms with van der Waals surface area (Å²) in [7, 11) is 0. The summed E-state index contributed by atoms with van der Waals surface area (Å²) < 4.78 is 6.82. The van der Waals surface area contributed by atoms with E-state index in [1.165, 1.54) is 15.5 Å². The van der Waals surface area contributed by atoms with Crippen LogP contribution in [0.15, 0.2) is 83.7 Å². The number of imide groups is 1. The lowest BCUT2D eigenvalue weighted by molar-refractivity contribution is -0.136. The largest absolute Gasteiger partial charge is 0.508 e. The summed E-state index contributed by atoms with van der Waals surface area (Å²) in [4.78, 5) is 81.6. The van der Waals surface area contributed by atoms with Gasteiger partial charge in [-0.1, -0.05) is 32.0 Å². The van der Waals surface area contributed by atoms with Crippen molar-refractivity contribution in [2.24, 2.45) is 0 Å². The first-order chi connectivity index (χ1) is 28.9. The topological polar surface area (TPSA) is 219 Å². The molecule has 5 amide bonds. The van der Waals surface area contributed by atoms with Gasteiger partial charge in [-0.05, 0) is 78.1 Å². The van der Waals surface area contributed by atoms with Crippen LogP contribution >= 0.6 is 0 Å². The van der Waals surface area contributed by atoms with Crippen molar-refractivity contribution < 1.29 is 38.9 Å². The Bertz CT molecular complexity index is 2570. The number of piperazine rings is 1. The van der Waals surface area contributed by atoms with Gasteiger partial charge < -0.3 is 29.6 Å². The van der Waals surface area contributed by atoms with E-state index in [0.717, 1.165) is 5.69 Å². The molecule has 1 aromatic heterocycles. The molecule has 5 N–H and O–H groups in total. The van der Waals surface area contributed by atoms with E-state index in [-0.39, 0.29) is 67.0 Å². The number of rotatable bonds is 9. The van der Waals surface area contributed by atoms with E-state index in [4.69, 9.17) is 4.74 Å². The van der Waals surface area contributed by atoms with Crippen LogP contribution in [0.2, 0.25) is 0 Å². The molecule has 308 valence electrons. The molecule has 0 bridgehead atoms. The number of benzene rings is 4. The van der Waals surface area contributed by atoms with Crippen LogP contribution in [-0.2, 0) is 27.5 Å². The van der Waals surface area contributed by atoms with Gasteiger partial charge >= 0.3 is 11.8 Å². The molecule has 0 aliphatic carbocycles. The van der Waals surface area contributed by atoms with Crippen LogP contribution in [0.4, 0.5) is 16.2 Å². The van der Waals surface area contributed by atoms with E-state index < -0.39 is 23.7 Å². The Morgan fingerprint density at radius 3 is 2.30 bits per heavy atom. The van der Waals surface area contributed by atoms with Crippen LogP contribution in [0.5, 0.6) is 11.5 Å². The fourth-order valence-electron chi connectivity index (χ4n) is 7.86. The molecule has 0 saturated carbocycles. The van der Waals surface area contributed by atoms with E-state index in [1.54, 1.807) is 65.6 Å². The first-order valence-electron chi connectivity index (χ1n) is 19.5. The molecule has 4 aromatic carbocycles. The second kappa shape index (κ2) is 16.1. The highest BCUT2D eigenvalue weighted by atomic mass is 16.5. The maximum Gasteiger partial charge on any atom is 0.411 e. The maximum absolute atomic E-state index is 13.4. The van der Waals surface area contributed by atoms with Crippen LogP contribution in [0.25, 0.3) is 17.1 Å². The summed E-state index contributed by atoms with van der Waals surface area (Å²) in [6.45, 7) is 5.98. The van der Waals surface area contributed by atoms with Crippen molar-refractivity contribution >= 4 is 41.1 Å². The maximum atomic E-state index is 13.4. The molecular formula is C43H42N8O9. The Hall–Kier alpha value is -7.43. The van der Waals surface area contributed by atoms with Crippen molar-refractivity contribution in [1.29, 1.82) is 0 Å². The van der Waals surface area contributed by atoms with Crippen molar-refractivity contribution in [2.45, 2.75) is 51.8 Å².